The first kappa shape index (κ1) is 14.4. The predicted octanol–water partition coefficient (Wildman–Crippen LogP) is 0.959. The van der Waals surface area contributed by atoms with Crippen LogP contribution < -0.4 is 4.72 Å². The van der Waals surface area contributed by atoms with Crippen LogP contribution in [0.15, 0.2) is 0 Å². The van der Waals surface area contributed by atoms with Crippen LogP contribution in [0.2, 0.25) is 0 Å². The molecule has 0 aliphatic carbocycles. The summed E-state index contributed by atoms with van der Waals surface area (Å²) in [5.41, 5.74) is 0. The highest BCUT2D eigenvalue weighted by molar-refractivity contribution is 7.89. The number of nitrogens with one attached hydrogen (secondary N) is 1. The van der Waals surface area contributed by atoms with E-state index in [-0.39, 0.29) is 12.2 Å². The van der Waals surface area contributed by atoms with Crippen molar-refractivity contribution in [3.05, 3.63) is 0 Å². The van der Waals surface area contributed by atoms with Crippen molar-refractivity contribution in [2.24, 2.45) is 0 Å². The fraction of sp³-hybridized carbons (Fsp3) is 0.889. The fourth-order valence-electron chi connectivity index (χ4n) is 1.13. The van der Waals surface area contributed by atoms with Crippen LogP contribution >= 0.6 is 0 Å². The molecule has 0 saturated heterocycles. The average molecular weight is 237 g/mol. The molecule has 0 spiro atoms. The van der Waals surface area contributed by atoms with E-state index in [1.165, 1.54) is 0 Å². The normalized spacial score (nSPS) is 13.7. The van der Waals surface area contributed by atoms with Gasteiger partial charge in [0.05, 0.1) is 12.2 Å². The van der Waals surface area contributed by atoms with E-state index in [0.717, 1.165) is 6.42 Å². The SMILES string of the molecule is CCCCS(=O)(=O)NC(CC)CC(=O)O. The lowest BCUT2D eigenvalue weighted by Gasteiger charge is -2.14. The van der Waals surface area contributed by atoms with Crippen molar-refractivity contribution in [2.45, 2.75) is 45.6 Å². The van der Waals surface area contributed by atoms with Gasteiger partial charge in [-0.15, -0.1) is 0 Å². The third-order valence-corrected chi connectivity index (χ3v) is 3.55. The second kappa shape index (κ2) is 6.79. The van der Waals surface area contributed by atoms with Gasteiger partial charge in [-0.3, -0.25) is 4.79 Å². The molecule has 0 aliphatic heterocycles. The maximum absolute atomic E-state index is 11.4. The molecule has 0 aromatic carbocycles. The molecule has 5 nitrogen and oxygen atoms in total. The summed E-state index contributed by atoms with van der Waals surface area (Å²) in [5.74, 6) is -0.917. The van der Waals surface area contributed by atoms with Crippen LogP contribution in [-0.2, 0) is 14.8 Å². The Hall–Kier alpha value is -0.620. The lowest BCUT2D eigenvalue weighted by molar-refractivity contribution is -0.137. The minimum atomic E-state index is -3.31. The summed E-state index contributed by atoms with van der Waals surface area (Å²) < 4.78 is 25.3. The van der Waals surface area contributed by atoms with Crippen LogP contribution in [0.3, 0.4) is 0 Å². The van der Waals surface area contributed by atoms with Crippen molar-refractivity contribution in [1.82, 2.24) is 4.72 Å². The van der Waals surface area contributed by atoms with Gasteiger partial charge < -0.3 is 5.11 Å². The number of carboxylic acid groups (broad SMARTS) is 1. The first-order valence-corrected chi connectivity index (χ1v) is 6.78. The third-order valence-electron chi connectivity index (χ3n) is 2.03. The van der Waals surface area contributed by atoms with Crippen molar-refractivity contribution >= 4 is 16.0 Å². The topological polar surface area (TPSA) is 83.5 Å². The van der Waals surface area contributed by atoms with E-state index < -0.39 is 22.0 Å². The van der Waals surface area contributed by atoms with Gasteiger partial charge >= 0.3 is 5.97 Å². The first-order valence-electron chi connectivity index (χ1n) is 5.13. The monoisotopic (exact) mass is 237 g/mol. The molecular weight excluding hydrogens is 218 g/mol. The molecule has 1 unspecified atom stereocenters. The summed E-state index contributed by atoms with van der Waals surface area (Å²) in [4.78, 5) is 10.4. The Morgan fingerprint density at radius 2 is 2.00 bits per heavy atom. The standard InChI is InChI=1S/C9H19NO4S/c1-3-5-6-15(13,14)10-8(4-2)7-9(11)12/h8,10H,3-7H2,1-2H3,(H,11,12). The molecule has 6 heteroatoms. The molecule has 0 amide bonds. The number of carboxylic acids is 1. The van der Waals surface area contributed by atoms with Gasteiger partial charge in [0.1, 0.15) is 0 Å². The van der Waals surface area contributed by atoms with E-state index in [2.05, 4.69) is 4.72 Å². The number of hydrogen-bond acceptors (Lipinski definition) is 3. The Bertz CT molecular complexity index is 286. The lowest BCUT2D eigenvalue weighted by Crippen LogP contribution is -2.37. The first-order chi connectivity index (χ1) is 6.91. The molecule has 2 N–H and O–H groups in total. The molecule has 0 heterocycles. The van der Waals surface area contributed by atoms with Gasteiger partial charge in [0.25, 0.3) is 0 Å². The Labute approximate surface area is 90.9 Å². The van der Waals surface area contributed by atoms with E-state index >= 15 is 0 Å². The molecule has 15 heavy (non-hydrogen) atoms. The van der Waals surface area contributed by atoms with Gasteiger partial charge in [-0.05, 0) is 12.8 Å². The van der Waals surface area contributed by atoms with Crippen LogP contribution in [0.1, 0.15) is 39.5 Å². The van der Waals surface area contributed by atoms with Gasteiger partial charge in [-0.1, -0.05) is 20.3 Å². The Balaban J connectivity index is 4.21. The molecule has 1 atom stereocenters. The highest BCUT2D eigenvalue weighted by atomic mass is 32.2. The number of rotatable bonds is 8. The highest BCUT2D eigenvalue weighted by Gasteiger charge is 2.18. The van der Waals surface area contributed by atoms with Crippen LogP contribution in [0.5, 0.6) is 0 Å². The molecule has 0 fully saturated rings. The summed E-state index contributed by atoms with van der Waals surface area (Å²) >= 11 is 0. The van der Waals surface area contributed by atoms with Crippen molar-refractivity contribution in [1.29, 1.82) is 0 Å². The summed E-state index contributed by atoms with van der Waals surface area (Å²) in [6.45, 7) is 3.67. The molecule has 0 saturated carbocycles. The van der Waals surface area contributed by atoms with Crippen LogP contribution in [0.4, 0.5) is 0 Å². The van der Waals surface area contributed by atoms with Gasteiger partial charge in [0.2, 0.25) is 10.0 Å². The quantitative estimate of drug-likeness (QED) is 0.658. The molecular formula is C9H19NO4S. The predicted molar refractivity (Wildman–Crippen MR) is 58.2 cm³/mol. The van der Waals surface area contributed by atoms with Crippen molar-refractivity contribution in [3.8, 4) is 0 Å². The van der Waals surface area contributed by atoms with Gasteiger partial charge in [-0.25, -0.2) is 13.1 Å². The second-order valence-corrected chi connectivity index (χ2v) is 5.37. The van der Waals surface area contributed by atoms with Crippen LogP contribution in [-0.4, -0.2) is 31.3 Å². The maximum atomic E-state index is 11.4. The van der Waals surface area contributed by atoms with Crippen molar-refractivity contribution < 1.29 is 18.3 Å². The summed E-state index contributed by atoms with van der Waals surface area (Å²) in [5, 5.41) is 8.55. The lowest BCUT2D eigenvalue weighted by atomic mass is 10.2. The van der Waals surface area contributed by atoms with Gasteiger partial charge in [0, 0.05) is 6.04 Å². The molecule has 0 bridgehead atoms. The van der Waals surface area contributed by atoms with E-state index in [9.17, 15) is 13.2 Å². The van der Waals surface area contributed by atoms with Gasteiger partial charge in [-0.2, -0.15) is 0 Å². The molecule has 0 radical (unpaired) electrons. The number of unbranched alkanes of at least 4 members (excludes halogenated alkanes) is 1. The fourth-order valence-corrected chi connectivity index (χ4v) is 2.67. The molecule has 0 rings (SSSR count). The zero-order valence-corrected chi connectivity index (χ0v) is 10.0. The minimum Gasteiger partial charge on any atom is -0.481 e. The number of aliphatic carboxylic acids is 1. The van der Waals surface area contributed by atoms with Crippen LogP contribution in [0, 0.1) is 0 Å². The van der Waals surface area contributed by atoms with Crippen molar-refractivity contribution in [3.63, 3.8) is 0 Å². The molecule has 0 aliphatic rings. The van der Waals surface area contributed by atoms with E-state index in [1.807, 2.05) is 6.92 Å². The summed E-state index contributed by atoms with van der Waals surface area (Å²) in [7, 11) is -3.31. The number of hydrogen-bond donors (Lipinski definition) is 2. The Morgan fingerprint density at radius 1 is 1.40 bits per heavy atom. The van der Waals surface area contributed by atoms with E-state index in [4.69, 9.17) is 5.11 Å². The maximum Gasteiger partial charge on any atom is 0.304 e. The van der Waals surface area contributed by atoms with Crippen LogP contribution in [0.25, 0.3) is 0 Å². The third kappa shape index (κ3) is 7.33. The molecule has 0 aromatic heterocycles. The summed E-state index contributed by atoms with van der Waals surface area (Å²) in [6.07, 6.45) is 1.72. The average Bonchev–Trinajstić information content (AvgIpc) is 2.12. The van der Waals surface area contributed by atoms with Crippen molar-refractivity contribution in [2.75, 3.05) is 5.75 Å². The Kier molecular flexibility index (Phi) is 6.51. The molecule has 0 aromatic rings. The van der Waals surface area contributed by atoms with E-state index in [1.54, 1.807) is 6.92 Å². The second-order valence-electron chi connectivity index (χ2n) is 3.49. The van der Waals surface area contributed by atoms with Gasteiger partial charge in [0.15, 0.2) is 0 Å². The largest absolute Gasteiger partial charge is 0.481 e. The number of sulfonamides is 1. The zero-order valence-electron chi connectivity index (χ0n) is 9.19. The smallest absolute Gasteiger partial charge is 0.304 e. The number of carbonyl (C=O) groups is 1. The summed E-state index contributed by atoms with van der Waals surface area (Å²) in [6, 6.07) is -0.496. The molecule has 90 valence electrons. The van der Waals surface area contributed by atoms with E-state index in [0.29, 0.717) is 12.8 Å². The highest BCUT2D eigenvalue weighted by Crippen LogP contribution is 2.02. The minimum absolute atomic E-state index is 0.0691. The Morgan fingerprint density at radius 3 is 2.40 bits per heavy atom. The zero-order chi connectivity index (χ0) is 11.9.